The van der Waals surface area contributed by atoms with Gasteiger partial charge in [0.2, 0.25) is 5.82 Å². The van der Waals surface area contributed by atoms with E-state index in [-0.39, 0.29) is 0 Å². The van der Waals surface area contributed by atoms with Gasteiger partial charge in [-0.15, -0.1) is 11.8 Å². The minimum Gasteiger partial charge on any atom is -0.400 e. The van der Waals surface area contributed by atoms with Crippen molar-refractivity contribution in [2.45, 2.75) is 44.0 Å². The molecule has 3 rings (SSSR count). The maximum atomic E-state index is 7.00. The number of anilines is 1. The fourth-order valence-electron chi connectivity index (χ4n) is 2.22. The van der Waals surface area contributed by atoms with Crippen LogP contribution in [0.2, 0.25) is 5.28 Å². The highest BCUT2D eigenvalue weighted by atomic mass is 35.5. The second-order valence-electron chi connectivity index (χ2n) is 4.31. The Kier molecular flexibility index (Phi) is 8.99. The van der Waals surface area contributed by atoms with Crippen molar-refractivity contribution in [3.05, 3.63) is 11.0 Å². The van der Waals surface area contributed by atoms with Crippen LogP contribution in [0.15, 0.2) is 4.90 Å². The van der Waals surface area contributed by atoms with E-state index in [1.165, 1.54) is 4.90 Å². The van der Waals surface area contributed by atoms with E-state index in [4.69, 9.17) is 21.4 Å². The number of H-pyrrole nitrogens is 1. The van der Waals surface area contributed by atoms with Gasteiger partial charge in [0.1, 0.15) is 10.6 Å². The third kappa shape index (κ3) is 5.29. The lowest BCUT2D eigenvalue weighted by Crippen LogP contribution is -2.31. The first-order valence-corrected chi connectivity index (χ1v) is 8.73. The third-order valence-corrected chi connectivity index (χ3v) is 4.42. The van der Waals surface area contributed by atoms with E-state index in [0.29, 0.717) is 11.3 Å². The standard InChI is InChI=1S/C11H14ClN3OS.C2H6.CH4O/c12-11-14-8-3-6-17-9(8)10(15-11)13-7-1-4-16-5-2-7;2*1-2/h7H,1-6H2,(H,13,14,15);1-2H3;2H,1H3/p+1. The van der Waals surface area contributed by atoms with Crippen molar-refractivity contribution >= 4 is 29.2 Å². The summed E-state index contributed by atoms with van der Waals surface area (Å²) in [5.41, 5.74) is 1.12. The van der Waals surface area contributed by atoms with Crippen LogP contribution in [0.25, 0.3) is 0 Å². The molecular formula is C14H25ClN3O2S+. The van der Waals surface area contributed by atoms with Crippen LogP contribution in [-0.4, -0.2) is 42.2 Å². The van der Waals surface area contributed by atoms with Crippen molar-refractivity contribution in [1.29, 1.82) is 0 Å². The second-order valence-corrected chi connectivity index (χ2v) is 5.77. The number of hydrogen-bond acceptors (Lipinski definition) is 5. The number of aryl methyl sites for hydroxylation is 1. The van der Waals surface area contributed by atoms with Gasteiger partial charge in [0.15, 0.2) is 0 Å². The molecule has 0 amide bonds. The van der Waals surface area contributed by atoms with Crippen LogP contribution in [-0.2, 0) is 11.2 Å². The Hall–Kier alpha value is -0.560. The molecule has 3 N–H and O–H groups in total. The van der Waals surface area contributed by atoms with Gasteiger partial charge in [-0.3, -0.25) is 0 Å². The minimum absolute atomic E-state index is 0.473. The number of halogens is 1. The summed E-state index contributed by atoms with van der Waals surface area (Å²) in [4.78, 5) is 8.71. The molecule has 7 heteroatoms. The van der Waals surface area contributed by atoms with Gasteiger partial charge in [-0.25, -0.2) is 4.98 Å². The molecule has 0 unspecified atom stereocenters. The number of aliphatic hydroxyl groups is 1. The van der Waals surface area contributed by atoms with Crippen molar-refractivity contribution in [3.8, 4) is 0 Å². The van der Waals surface area contributed by atoms with E-state index in [1.807, 2.05) is 25.6 Å². The zero-order valence-electron chi connectivity index (χ0n) is 12.9. The third-order valence-electron chi connectivity index (χ3n) is 3.11. The van der Waals surface area contributed by atoms with Crippen LogP contribution in [0.3, 0.4) is 0 Å². The van der Waals surface area contributed by atoms with Crippen LogP contribution < -0.4 is 10.3 Å². The maximum absolute atomic E-state index is 7.00. The summed E-state index contributed by atoms with van der Waals surface area (Å²) < 4.78 is 5.36. The predicted molar refractivity (Wildman–Crippen MR) is 87.2 cm³/mol. The highest BCUT2D eigenvalue weighted by molar-refractivity contribution is 7.99. The number of aliphatic hydroxyl groups excluding tert-OH is 1. The number of rotatable bonds is 2. The molecule has 0 radical (unpaired) electrons. The summed E-state index contributed by atoms with van der Waals surface area (Å²) in [5, 5.41) is 11.0. The summed E-state index contributed by atoms with van der Waals surface area (Å²) in [6.07, 6.45) is 3.11. The molecule has 0 atom stereocenters. The van der Waals surface area contributed by atoms with Crippen LogP contribution in [0.4, 0.5) is 5.82 Å². The molecule has 1 saturated heterocycles. The van der Waals surface area contributed by atoms with Crippen molar-refractivity contribution in [2.24, 2.45) is 0 Å². The predicted octanol–water partition coefficient (Wildman–Crippen LogP) is 2.42. The van der Waals surface area contributed by atoms with Gasteiger partial charge >= 0.3 is 5.28 Å². The first kappa shape index (κ1) is 18.5. The number of thioether (sulfide) groups is 1. The molecule has 2 aliphatic heterocycles. The van der Waals surface area contributed by atoms with Crippen molar-refractivity contribution in [3.63, 3.8) is 0 Å². The molecule has 3 heterocycles. The van der Waals surface area contributed by atoms with Crippen LogP contribution in [0.1, 0.15) is 32.4 Å². The van der Waals surface area contributed by atoms with Gasteiger partial charge in [-0.2, -0.15) is 0 Å². The zero-order chi connectivity index (χ0) is 15.7. The molecular weight excluding hydrogens is 310 g/mol. The zero-order valence-corrected chi connectivity index (χ0v) is 14.5. The Morgan fingerprint density at radius 2 is 2.00 bits per heavy atom. The largest absolute Gasteiger partial charge is 0.400 e. The number of ether oxygens (including phenoxy) is 1. The van der Waals surface area contributed by atoms with Crippen LogP contribution in [0, 0.1) is 0 Å². The van der Waals surface area contributed by atoms with Crippen molar-refractivity contribution in [1.82, 2.24) is 4.98 Å². The molecule has 1 aromatic rings. The Labute approximate surface area is 135 Å². The highest BCUT2D eigenvalue weighted by Gasteiger charge is 2.27. The van der Waals surface area contributed by atoms with E-state index in [1.54, 1.807) is 0 Å². The van der Waals surface area contributed by atoms with Gasteiger partial charge in [0.05, 0.1) is 6.04 Å². The molecule has 0 bridgehead atoms. The molecule has 5 nitrogen and oxygen atoms in total. The lowest BCUT2D eigenvalue weighted by Gasteiger charge is -2.21. The van der Waals surface area contributed by atoms with Gasteiger partial charge in [-0.1, -0.05) is 18.8 Å². The molecule has 120 valence electrons. The average molecular weight is 335 g/mol. The smallest absolute Gasteiger partial charge is 0.332 e. The fraction of sp³-hybridized carbons (Fsp3) is 0.714. The van der Waals surface area contributed by atoms with Gasteiger partial charge in [0, 0.05) is 45.3 Å². The average Bonchev–Trinajstić information content (AvgIpc) is 3.01. The highest BCUT2D eigenvalue weighted by Crippen LogP contribution is 2.34. The Morgan fingerprint density at radius 3 is 2.67 bits per heavy atom. The first-order valence-electron chi connectivity index (χ1n) is 7.36. The Bertz CT molecular complexity index is 429. The number of nitrogens with one attached hydrogen (secondary N) is 2. The summed E-state index contributed by atoms with van der Waals surface area (Å²) >= 11 is 7.85. The second kappa shape index (κ2) is 10.2. The van der Waals surface area contributed by atoms with E-state index < -0.39 is 0 Å². The van der Waals surface area contributed by atoms with Crippen molar-refractivity contribution in [2.75, 3.05) is 31.4 Å². The number of fused-ring (bicyclic) bond motifs is 1. The van der Waals surface area contributed by atoms with E-state index >= 15 is 0 Å². The normalized spacial score (nSPS) is 17.0. The first-order chi connectivity index (χ1) is 10.3. The van der Waals surface area contributed by atoms with E-state index in [0.717, 1.165) is 56.9 Å². The molecule has 0 aromatic carbocycles. The lowest BCUT2D eigenvalue weighted by molar-refractivity contribution is -0.366. The van der Waals surface area contributed by atoms with Crippen LogP contribution >= 0.6 is 23.4 Å². The Morgan fingerprint density at radius 1 is 1.33 bits per heavy atom. The van der Waals surface area contributed by atoms with E-state index in [2.05, 4.69) is 15.3 Å². The van der Waals surface area contributed by atoms with Crippen LogP contribution in [0.5, 0.6) is 0 Å². The number of hydrogen-bond donors (Lipinski definition) is 2. The van der Waals surface area contributed by atoms with Gasteiger partial charge < -0.3 is 15.2 Å². The summed E-state index contributed by atoms with van der Waals surface area (Å²) in [6.45, 7) is 5.68. The SMILES string of the molecule is CC.CO.Clc1nc2c(c(NC3CCOCC3)[nH+]1)SCC2. The topological polar surface area (TPSA) is 68.5 Å². The number of nitrogens with zero attached hydrogens (tertiary/aromatic N) is 1. The van der Waals surface area contributed by atoms with Crippen molar-refractivity contribution < 1.29 is 14.8 Å². The molecule has 1 aromatic heterocycles. The quantitative estimate of drug-likeness (QED) is 0.813. The molecule has 0 saturated carbocycles. The maximum Gasteiger partial charge on any atom is 0.332 e. The Balaban J connectivity index is 0.000000510. The minimum atomic E-state index is 0.473. The molecule has 21 heavy (non-hydrogen) atoms. The fourth-order valence-corrected chi connectivity index (χ4v) is 3.49. The lowest BCUT2D eigenvalue weighted by atomic mass is 10.1. The summed E-state index contributed by atoms with van der Waals surface area (Å²) in [7, 11) is 1.00. The molecule has 0 aliphatic carbocycles. The van der Waals surface area contributed by atoms with E-state index in [9.17, 15) is 0 Å². The van der Waals surface area contributed by atoms with Gasteiger partial charge in [-0.05, 0) is 11.6 Å². The summed E-state index contributed by atoms with van der Waals surface area (Å²) in [6, 6.07) is 0.476. The molecule has 1 fully saturated rings. The molecule has 2 aliphatic rings. The molecule has 0 spiro atoms. The monoisotopic (exact) mass is 334 g/mol. The number of aromatic amines is 1. The summed E-state index contributed by atoms with van der Waals surface area (Å²) in [5.74, 6) is 2.13. The van der Waals surface area contributed by atoms with Gasteiger partial charge in [0.25, 0.3) is 0 Å². The number of aromatic nitrogens is 2.